The molecule has 0 aromatic heterocycles. The van der Waals surface area contributed by atoms with Crippen molar-refractivity contribution in [3.63, 3.8) is 0 Å². The molecule has 0 spiro atoms. The summed E-state index contributed by atoms with van der Waals surface area (Å²) >= 11 is 0. The van der Waals surface area contributed by atoms with Crippen LogP contribution in [0.5, 0.6) is 0 Å². The first kappa shape index (κ1) is 14.4. The number of nitrogen functional groups attached to an aromatic ring is 1. The van der Waals surface area contributed by atoms with E-state index >= 15 is 0 Å². The molecule has 1 aromatic carbocycles. The molecule has 4 nitrogen and oxygen atoms in total. The minimum absolute atomic E-state index is 0.183. The molecule has 0 atom stereocenters. The van der Waals surface area contributed by atoms with Gasteiger partial charge in [0.15, 0.2) is 0 Å². The van der Waals surface area contributed by atoms with Crippen molar-refractivity contribution in [3.8, 4) is 0 Å². The first-order chi connectivity index (χ1) is 8.42. The Morgan fingerprint density at radius 2 is 1.94 bits per heavy atom. The number of carbonyl (C=O) groups is 1. The van der Waals surface area contributed by atoms with Crippen LogP contribution in [0.3, 0.4) is 0 Å². The van der Waals surface area contributed by atoms with Gasteiger partial charge in [-0.25, -0.2) is 4.79 Å². The summed E-state index contributed by atoms with van der Waals surface area (Å²) in [7, 11) is 1.99. The van der Waals surface area contributed by atoms with E-state index in [1.807, 2.05) is 20.0 Å². The monoisotopic (exact) mass is 250 g/mol. The topological polar surface area (TPSA) is 66.6 Å². The summed E-state index contributed by atoms with van der Waals surface area (Å²) in [4.78, 5) is 13.3. The number of carboxylic acids is 1. The second-order valence-electron chi connectivity index (χ2n) is 4.61. The van der Waals surface area contributed by atoms with Gasteiger partial charge >= 0.3 is 5.97 Å². The van der Waals surface area contributed by atoms with E-state index in [0.29, 0.717) is 11.7 Å². The van der Waals surface area contributed by atoms with Crippen LogP contribution in [0.25, 0.3) is 0 Å². The van der Waals surface area contributed by atoms with Crippen LogP contribution < -0.4 is 10.6 Å². The Hall–Kier alpha value is -1.71. The third-order valence-corrected chi connectivity index (χ3v) is 3.50. The second-order valence-corrected chi connectivity index (χ2v) is 4.61. The second kappa shape index (κ2) is 5.76. The van der Waals surface area contributed by atoms with Gasteiger partial charge in [-0.15, -0.1) is 0 Å². The van der Waals surface area contributed by atoms with E-state index < -0.39 is 5.97 Å². The number of rotatable bonds is 5. The third kappa shape index (κ3) is 2.75. The predicted octanol–water partition coefficient (Wildman–Crippen LogP) is 2.90. The van der Waals surface area contributed by atoms with Crippen molar-refractivity contribution in [3.05, 3.63) is 23.3 Å². The van der Waals surface area contributed by atoms with Crippen LogP contribution in [-0.2, 0) is 0 Å². The van der Waals surface area contributed by atoms with E-state index in [0.717, 1.165) is 24.1 Å². The van der Waals surface area contributed by atoms with Crippen molar-refractivity contribution in [2.75, 3.05) is 17.7 Å². The SMILES string of the molecule is CCC(CC)N(C)c1cc(C)c(N)c(C(=O)O)c1. The van der Waals surface area contributed by atoms with Gasteiger partial charge in [-0.2, -0.15) is 0 Å². The van der Waals surface area contributed by atoms with Crippen molar-refractivity contribution in [2.24, 2.45) is 0 Å². The van der Waals surface area contributed by atoms with Crippen LogP contribution in [0.2, 0.25) is 0 Å². The lowest BCUT2D eigenvalue weighted by Gasteiger charge is -2.29. The zero-order chi connectivity index (χ0) is 13.9. The summed E-state index contributed by atoms with van der Waals surface area (Å²) < 4.78 is 0. The minimum atomic E-state index is -0.976. The molecular weight excluding hydrogens is 228 g/mol. The molecule has 0 unspecified atom stereocenters. The number of hydrogen-bond donors (Lipinski definition) is 2. The molecule has 4 heteroatoms. The molecule has 0 bridgehead atoms. The van der Waals surface area contributed by atoms with Crippen molar-refractivity contribution >= 4 is 17.3 Å². The largest absolute Gasteiger partial charge is 0.478 e. The number of nitrogens with zero attached hydrogens (tertiary/aromatic N) is 1. The van der Waals surface area contributed by atoms with Gasteiger partial charge in [0.05, 0.1) is 5.56 Å². The Kier molecular flexibility index (Phi) is 4.59. The molecule has 1 rings (SSSR count). The van der Waals surface area contributed by atoms with E-state index in [2.05, 4.69) is 18.7 Å². The lowest BCUT2D eigenvalue weighted by Crippen LogP contribution is -2.30. The zero-order valence-electron chi connectivity index (χ0n) is 11.5. The van der Waals surface area contributed by atoms with Crippen molar-refractivity contribution in [2.45, 2.75) is 39.7 Å². The highest BCUT2D eigenvalue weighted by Crippen LogP contribution is 2.27. The molecule has 18 heavy (non-hydrogen) atoms. The third-order valence-electron chi connectivity index (χ3n) is 3.50. The fraction of sp³-hybridized carbons (Fsp3) is 0.500. The Bertz CT molecular complexity index is 440. The van der Waals surface area contributed by atoms with E-state index in [1.54, 1.807) is 6.07 Å². The van der Waals surface area contributed by atoms with E-state index in [4.69, 9.17) is 10.8 Å². The molecule has 0 saturated carbocycles. The first-order valence-corrected chi connectivity index (χ1v) is 6.28. The number of hydrogen-bond acceptors (Lipinski definition) is 3. The summed E-state index contributed by atoms with van der Waals surface area (Å²) in [5.41, 5.74) is 8.05. The maximum Gasteiger partial charge on any atom is 0.337 e. The van der Waals surface area contributed by atoms with Gasteiger partial charge in [0.25, 0.3) is 0 Å². The Morgan fingerprint density at radius 3 is 2.39 bits per heavy atom. The molecule has 0 aliphatic rings. The van der Waals surface area contributed by atoms with E-state index in [9.17, 15) is 4.79 Å². The Balaban J connectivity index is 3.22. The van der Waals surface area contributed by atoms with Gasteiger partial charge in [0.2, 0.25) is 0 Å². The molecule has 100 valence electrons. The number of anilines is 2. The van der Waals surface area contributed by atoms with E-state index in [-0.39, 0.29) is 5.56 Å². The van der Waals surface area contributed by atoms with Crippen LogP contribution in [0.1, 0.15) is 42.6 Å². The summed E-state index contributed by atoms with van der Waals surface area (Å²) in [6.07, 6.45) is 2.05. The summed E-state index contributed by atoms with van der Waals surface area (Å²) in [6.45, 7) is 6.10. The highest BCUT2D eigenvalue weighted by molar-refractivity contribution is 5.95. The first-order valence-electron chi connectivity index (χ1n) is 6.28. The molecule has 0 aliphatic heterocycles. The number of aromatic carboxylic acids is 1. The molecule has 0 heterocycles. The number of aryl methyl sites for hydroxylation is 1. The summed E-state index contributed by atoms with van der Waals surface area (Å²) in [6, 6.07) is 4.01. The van der Waals surface area contributed by atoms with Crippen LogP contribution in [0.4, 0.5) is 11.4 Å². The fourth-order valence-electron chi connectivity index (χ4n) is 2.21. The van der Waals surface area contributed by atoms with Crippen LogP contribution in [0, 0.1) is 6.92 Å². The molecule has 0 saturated heterocycles. The quantitative estimate of drug-likeness (QED) is 0.788. The van der Waals surface area contributed by atoms with Crippen molar-refractivity contribution in [1.82, 2.24) is 0 Å². The number of benzene rings is 1. The van der Waals surface area contributed by atoms with Crippen LogP contribution >= 0.6 is 0 Å². The van der Waals surface area contributed by atoms with Gasteiger partial charge in [-0.3, -0.25) is 0 Å². The van der Waals surface area contributed by atoms with Gasteiger partial charge in [0.1, 0.15) is 0 Å². The normalized spacial score (nSPS) is 10.7. The lowest BCUT2D eigenvalue weighted by molar-refractivity contribution is 0.0698. The molecule has 3 N–H and O–H groups in total. The Labute approximate surface area is 108 Å². The number of nitrogens with two attached hydrogens (primary N) is 1. The smallest absolute Gasteiger partial charge is 0.337 e. The lowest BCUT2D eigenvalue weighted by atomic mass is 10.0. The summed E-state index contributed by atoms with van der Waals surface area (Å²) in [5, 5.41) is 9.15. The summed E-state index contributed by atoms with van der Waals surface area (Å²) in [5.74, 6) is -0.976. The molecule has 1 aromatic rings. The molecular formula is C14H22N2O2. The average Bonchev–Trinajstić information content (AvgIpc) is 2.33. The van der Waals surface area contributed by atoms with Crippen molar-refractivity contribution in [1.29, 1.82) is 0 Å². The van der Waals surface area contributed by atoms with Gasteiger partial charge in [-0.05, 0) is 37.5 Å². The maximum atomic E-state index is 11.2. The predicted molar refractivity (Wildman–Crippen MR) is 75.3 cm³/mol. The van der Waals surface area contributed by atoms with Gasteiger partial charge in [0, 0.05) is 24.5 Å². The average molecular weight is 250 g/mol. The highest BCUT2D eigenvalue weighted by atomic mass is 16.4. The maximum absolute atomic E-state index is 11.2. The minimum Gasteiger partial charge on any atom is -0.478 e. The molecule has 0 aliphatic carbocycles. The molecule has 0 amide bonds. The fourth-order valence-corrected chi connectivity index (χ4v) is 2.21. The standard InChI is InChI=1S/C14H22N2O2/c1-5-10(6-2)16(4)11-7-9(3)13(15)12(8-11)14(17)18/h7-8,10H,5-6,15H2,1-4H3,(H,17,18). The number of carboxylic acid groups (broad SMARTS) is 1. The van der Waals surface area contributed by atoms with Gasteiger partial charge in [-0.1, -0.05) is 13.8 Å². The van der Waals surface area contributed by atoms with Crippen LogP contribution in [-0.4, -0.2) is 24.2 Å². The van der Waals surface area contributed by atoms with Crippen molar-refractivity contribution < 1.29 is 9.90 Å². The zero-order valence-corrected chi connectivity index (χ0v) is 11.5. The van der Waals surface area contributed by atoms with Gasteiger partial charge < -0.3 is 15.7 Å². The Morgan fingerprint density at radius 1 is 1.39 bits per heavy atom. The van der Waals surface area contributed by atoms with Crippen LogP contribution in [0.15, 0.2) is 12.1 Å². The van der Waals surface area contributed by atoms with E-state index in [1.165, 1.54) is 0 Å². The molecule has 0 fully saturated rings. The highest BCUT2D eigenvalue weighted by Gasteiger charge is 2.16. The molecule has 0 radical (unpaired) electrons.